The summed E-state index contributed by atoms with van der Waals surface area (Å²) >= 11 is 0. The zero-order valence-corrected chi connectivity index (χ0v) is 9.03. The zero-order valence-electron chi connectivity index (χ0n) is 9.03. The van der Waals surface area contributed by atoms with Gasteiger partial charge in [0.15, 0.2) is 5.78 Å². The Kier molecular flexibility index (Phi) is 4.77. The number of hydrogen-bond acceptors (Lipinski definition) is 4. The van der Waals surface area contributed by atoms with Crippen LogP contribution in [0.4, 0.5) is 0 Å². The van der Waals surface area contributed by atoms with Crippen LogP contribution < -0.4 is 4.74 Å². The Balaban J connectivity index is 2.60. The van der Waals surface area contributed by atoms with E-state index in [1.54, 1.807) is 12.1 Å². The molecule has 1 aromatic rings. The maximum atomic E-state index is 11.3. The summed E-state index contributed by atoms with van der Waals surface area (Å²) in [6.45, 7) is 2.59. The molecule has 15 heavy (non-hydrogen) atoms. The van der Waals surface area contributed by atoms with Gasteiger partial charge in [0.2, 0.25) is 5.88 Å². The molecular weight excluding hydrogens is 194 g/mol. The number of nitrogens with zero attached hydrogens (tertiary/aromatic N) is 1. The molecular formula is C11H15NO3. The maximum Gasteiger partial charge on any atom is 0.213 e. The fourth-order valence-corrected chi connectivity index (χ4v) is 1.20. The molecule has 0 aromatic carbocycles. The number of carbonyl (C=O) groups excluding carboxylic acids is 1. The second-order valence-electron chi connectivity index (χ2n) is 3.05. The number of pyridine rings is 1. The van der Waals surface area contributed by atoms with Crippen molar-refractivity contribution in [3.8, 4) is 5.88 Å². The number of ether oxygens (including phenoxy) is 2. The standard InChI is InChI=1S/C11H15NO3/c1-3-15-11-6-4-5-9(12-11)7-10(13)8-14-2/h4-6H,3,7-8H2,1-2H3. The van der Waals surface area contributed by atoms with Gasteiger partial charge in [-0.1, -0.05) is 6.07 Å². The summed E-state index contributed by atoms with van der Waals surface area (Å²) in [5, 5.41) is 0. The fraction of sp³-hybridized carbons (Fsp3) is 0.455. The van der Waals surface area contributed by atoms with Crippen LogP contribution in [-0.2, 0) is 16.0 Å². The van der Waals surface area contributed by atoms with Gasteiger partial charge in [-0.2, -0.15) is 0 Å². The van der Waals surface area contributed by atoms with Crippen molar-refractivity contribution in [3.63, 3.8) is 0 Å². The molecule has 0 unspecified atom stereocenters. The lowest BCUT2D eigenvalue weighted by atomic mass is 10.2. The van der Waals surface area contributed by atoms with E-state index < -0.39 is 0 Å². The number of Topliss-reactive ketones (excluding diaryl/α,β-unsaturated/α-hetero) is 1. The molecule has 1 heterocycles. The zero-order chi connectivity index (χ0) is 11.1. The van der Waals surface area contributed by atoms with Crippen molar-refractivity contribution < 1.29 is 14.3 Å². The third-order valence-corrected chi connectivity index (χ3v) is 1.76. The molecule has 0 radical (unpaired) electrons. The van der Waals surface area contributed by atoms with E-state index in [-0.39, 0.29) is 18.8 Å². The van der Waals surface area contributed by atoms with Gasteiger partial charge in [-0.15, -0.1) is 0 Å². The van der Waals surface area contributed by atoms with Gasteiger partial charge in [-0.3, -0.25) is 4.79 Å². The highest BCUT2D eigenvalue weighted by molar-refractivity contribution is 5.81. The normalized spacial score (nSPS) is 10.0. The third-order valence-electron chi connectivity index (χ3n) is 1.76. The molecule has 0 aliphatic rings. The average molecular weight is 209 g/mol. The van der Waals surface area contributed by atoms with Crippen molar-refractivity contribution in [2.45, 2.75) is 13.3 Å². The Labute approximate surface area is 89.2 Å². The van der Waals surface area contributed by atoms with Crippen LogP contribution in [0, 0.1) is 0 Å². The minimum Gasteiger partial charge on any atom is -0.478 e. The molecule has 0 bridgehead atoms. The Morgan fingerprint density at radius 3 is 2.93 bits per heavy atom. The van der Waals surface area contributed by atoms with Crippen LogP contribution >= 0.6 is 0 Å². The van der Waals surface area contributed by atoms with Crippen LogP contribution in [-0.4, -0.2) is 31.1 Å². The molecule has 0 aliphatic carbocycles. The third kappa shape index (κ3) is 4.08. The van der Waals surface area contributed by atoms with Crippen molar-refractivity contribution in [1.29, 1.82) is 0 Å². The monoisotopic (exact) mass is 209 g/mol. The summed E-state index contributed by atoms with van der Waals surface area (Å²) in [6.07, 6.45) is 0.286. The molecule has 4 heteroatoms. The summed E-state index contributed by atoms with van der Waals surface area (Å²) < 4.78 is 9.98. The molecule has 4 nitrogen and oxygen atoms in total. The SMILES string of the molecule is CCOc1cccc(CC(=O)COC)n1. The van der Waals surface area contributed by atoms with E-state index in [9.17, 15) is 4.79 Å². The molecule has 0 spiro atoms. The van der Waals surface area contributed by atoms with Gasteiger partial charge in [0, 0.05) is 13.2 Å². The van der Waals surface area contributed by atoms with Crippen LogP contribution in [0.3, 0.4) is 0 Å². The molecule has 0 saturated heterocycles. The lowest BCUT2D eigenvalue weighted by Crippen LogP contribution is -2.11. The molecule has 0 aliphatic heterocycles. The van der Waals surface area contributed by atoms with Crippen LogP contribution in [0.2, 0.25) is 0 Å². The lowest BCUT2D eigenvalue weighted by molar-refractivity contribution is -0.122. The first-order valence-electron chi connectivity index (χ1n) is 4.85. The first-order valence-corrected chi connectivity index (χ1v) is 4.85. The van der Waals surface area contributed by atoms with E-state index >= 15 is 0 Å². The Bertz CT molecular complexity index is 325. The van der Waals surface area contributed by atoms with E-state index in [2.05, 4.69) is 4.98 Å². The number of aromatic nitrogens is 1. The smallest absolute Gasteiger partial charge is 0.213 e. The van der Waals surface area contributed by atoms with Crippen LogP contribution in [0.15, 0.2) is 18.2 Å². The lowest BCUT2D eigenvalue weighted by Gasteiger charge is -2.04. The van der Waals surface area contributed by atoms with E-state index in [1.807, 2.05) is 13.0 Å². The van der Waals surface area contributed by atoms with Crippen LogP contribution in [0.25, 0.3) is 0 Å². The summed E-state index contributed by atoms with van der Waals surface area (Å²) in [4.78, 5) is 15.5. The van der Waals surface area contributed by atoms with Gasteiger partial charge in [0.25, 0.3) is 0 Å². The van der Waals surface area contributed by atoms with E-state index in [1.165, 1.54) is 7.11 Å². The van der Waals surface area contributed by atoms with Crippen LogP contribution in [0.1, 0.15) is 12.6 Å². The summed E-state index contributed by atoms with van der Waals surface area (Å²) in [5.74, 6) is 0.568. The van der Waals surface area contributed by atoms with Crippen molar-refractivity contribution in [3.05, 3.63) is 23.9 Å². The first-order chi connectivity index (χ1) is 7.26. The predicted molar refractivity (Wildman–Crippen MR) is 56.0 cm³/mol. The number of carbonyl (C=O) groups is 1. The van der Waals surface area contributed by atoms with Gasteiger partial charge < -0.3 is 9.47 Å². The van der Waals surface area contributed by atoms with Crippen molar-refractivity contribution in [2.24, 2.45) is 0 Å². The molecule has 0 saturated carbocycles. The van der Waals surface area contributed by atoms with Crippen molar-refractivity contribution >= 4 is 5.78 Å². The maximum absolute atomic E-state index is 11.3. The first kappa shape index (κ1) is 11.7. The second kappa shape index (κ2) is 6.14. The molecule has 0 N–H and O–H groups in total. The fourth-order valence-electron chi connectivity index (χ4n) is 1.20. The Hall–Kier alpha value is -1.42. The molecule has 0 fully saturated rings. The topological polar surface area (TPSA) is 48.4 Å². The highest BCUT2D eigenvalue weighted by Crippen LogP contribution is 2.08. The molecule has 0 amide bonds. The molecule has 0 atom stereocenters. The minimum absolute atomic E-state index is 0.0126. The Morgan fingerprint density at radius 2 is 2.27 bits per heavy atom. The quantitative estimate of drug-likeness (QED) is 0.707. The van der Waals surface area contributed by atoms with Crippen molar-refractivity contribution in [1.82, 2.24) is 4.98 Å². The summed E-state index contributed by atoms with van der Waals surface area (Å²) in [5.41, 5.74) is 0.711. The van der Waals surface area contributed by atoms with Gasteiger partial charge in [0.1, 0.15) is 6.61 Å². The van der Waals surface area contributed by atoms with Gasteiger partial charge in [-0.25, -0.2) is 4.98 Å². The predicted octanol–water partition coefficient (Wildman–Crippen LogP) is 1.24. The minimum atomic E-state index is 0.0126. The van der Waals surface area contributed by atoms with Gasteiger partial charge in [-0.05, 0) is 13.0 Å². The average Bonchev–Trinajstić information content (AvgIpc) is 2.19. The largest absolute Gasteiger partial charge is 0.478 e. The van der Waals surface area contributed by atoms with E-state index in [4.69, 9.17) is 9.47 Å². The second-order valence-corrected chi connectivity index (χ2v) is 3.05. The highest BCUT2D eigenvalue weighted by atomic mass is 16.5. The van der Waals surface area contributed by atoms with E-state index in [0.29, 0.717) is 18.2 Å². The van der Waals surface area contributed by atoms with Crippen LogP contribution in [0.5, 0.6) is 5.88 Å². The Morgan fingerprint density at radius 1 is 1.47 bits per heavy atom. The van der Waals surface area contributed by atoms with Crippen molar-refractivity contribution in [2.75, 3.05) is 20.3 Å². The van der Waals surface area contributed by atoms with E-state index in [0.717, 1.165) is 0 Å². The molecule has 82 valence electrons. The summed E-state index contributed by atoms with van der Waals surface area (Å²) in [7, 11) is 1.50. The summed E-state index contributed by atoms with van der Waals surface area (Å²) in [6, 6.07) is 5.40. The molecule has 1 rings (SSSR count). The number of ketones is 1. The number of hydrogen-bond donors (Lipinski definition) is 0. The number of methoxy groups -OCH3 is 1. The highest BCUT2D eigenvalue weighted by Gasteiger charge is 2.05. The molecule has 1 aromatic heterocycles. The number of rotatable bonds is 6. The van der Waals surface area contributed by atoms with Gasteiger partial charge >= 0.3 is 0 Å². The van der Waals surface area contributed by atoms with Gasteiger partial charge in [0.05, 0.1) is 18.7 Å².